The number of amides is 1. The maximum absolute atomic E-state index is 12.1. The normalized spacial score (nSPS) is 17.4. The largest absolute Gasteiger partial charge is 0.497 e. The third kappa shape index (κ3) is 4.14. The molecule has 6 heteroatoms. The average molecular weight is 341 g/mol. The Kier molecular flexibility index (Phi) is 5.60. The second kappa shape index (κ2) is 8.07. The van der Waals surface area contributed by atoms with Crippen LogP contribution in [0.1, 0.15) is 24.5 Å². The molecule has 1 atom stereocenters. The first-order chi connectivity index (χ1) is 12.2. The molecular formula is C19H23N3O3. The molecule has 25 heavy (non-hydrogen) atoms. The predicted octanol–water partition coefficient (Wildman–Crippen LogP) is 2.50. The number of aromatic nitrogens is 2. The highest BCUT2D eigenvalue weighted by Crippen LogP contribution is 2.28. The molecule has 1 amide bonds. The molecule has 6 nitrogen and oxygen atoms in total. The lowest BCUT2D eigenvalue weighted by Gasteiger charge is -2.32. The van der Waals surface area contributed by atoms with Gasteiger partial charge in [-0.25, -0.2) is 4.98 Å². The molecule has 2 heterocycles. The molecule has 1 aliphatic rings. The molecule has 1 saturated heterocycles. The molecule has 0 radical (unpaired) electrons. The molecule has 2 aromatic rings. The Morgan fingerprint density at radius 2 is 2.20 bits per heavy atom. The maximum atomic E-state index is 12.1. The van der Waals surface area contributed by atoms with Gasteiger partial charge in [0.1, 0.15) is 12.4 Å². The van der Waals surface area contributed by atoms with E-state index in [1.807, 2.05) is 29.2 Å². The van der Waals surface area contributed by atoms with Crippen molar-refractivity contribution in [1.29, 1.82) is 0 Å². The molecule has 0 spiro atoms. The lowest BCUT2D eigenvalue weighted by atomic mass is 9.94. The monoisotopic (exact) mass is 341 g/mol. The van der Waals surface area contributed by atoms with Gasteiger partial charge in [-0.05, 0) is 25.0 Å². The molecule has 0 bridgehead atoms. The molecule has 1 aromatic carbocycles. The van der Waals surface area contributed by atoms with Gasteiger partial charge in [-0.3, -0.25) is 9.78 Å². The number of carbonyl (C=O) groups is 1. The van der Waals surface area contributed by atoms with E-state index in [4.69, 9.17) is 14.5 Å². The minimum Gasteiger partial charge on any atom is -0.497 e. The Morgan fingerprint density at radius 1 is 1.32 bits per heavy atom. The van der Waals surface area contributed by atoms with Crippen molar-refractivity contribution in [3.8, 4) is 17.0 Å². The second-order valence-corrected chi connectivity index (χ2v) is 6.17. The summed E-state index contributed by atoms with van der Waals surface area (Å²) in [4.78, 5) is 23.1. The van der Waals surface area contributed by atoms with Crippen molar-refractivity contribution in [2.75, 3.05) is 33.9 Å². The van der Waals surface area contributed by atoms with Crippen molar-refractivity contribution in [3.05, 3.63) is 42.4 Å². The lowest BCUT2D eigenvalue weighted by Crippen LogP contribution is -2.41. The van der Waals surface area contributed by atoms with E-state index in [1.165, 1.54) is 0 Å². The Labute approximate surface area is 147 Å². The minimum absolute atomic E-state index is 0.0316. The third-order valence-corrected chi connectivity index (χ3v) is 4.48. The number of piperidine rings is 1. The fourth-order valence-electron chi connectivity index (χ4n) is 3.16. The van der Waals surface area contributed by atoms with Gasteiger partial charge in [-0.15, -0.1) is 0 Å². The zero-order chi connectivity index (χ0) is 17.6. The topological polar surface area (TPSA) is 64.5 Å². The van der Waals surface area contributed by atoms with Gasteiger partial charge in [0, 0.05) is 37.9 Å². The maximum Gasteiger partial charge on any atom is 0.248 e. The van der Waals surface area contributed by atoms with Gasteiger partial charge in [-0.1, -0.05) is 12.1 Å². The van der Waals surface area contributed by atoms with Gasteiger partial charge in [-0.2, -0.15) is 0 Å². The number of likely N-dealkylation sites (tertiary alicyclic amines) is 1. The van der Waals surface area contributed by atoms with Crippen molar-refractivity contribution in [2.45, 2.75) is 18.8 Å². The van der Waals surface area contributed by atoms with Crippen molar-refractivity contribution in [1.82, 2.24) is 14.9 Å². The van der Waals surface area contributed by atoms with E-state index in [0.29, 0.717) is 6.54 Å². The zero-order valence-corrected chi connectivity index (χ0v) is 14.6. The third-order valence-electron chi connectivity index (χ3n) is 4.48. The summed E-state index contributed by atoms with van der Waals surface area (Å²) in [5, 5.41) is 0. The van der Waals surface area contributed by atoms with Crippen molar-refractivity contribution in [2.24, 2.45) is 0 Å². The van der Waals surface area contributed by atoms with Gasteiger partial charge in [0.2, 0.25) is 5.91 Å². The van der Waals surface area contributed by atoms with Crippen LogP contribution < -0.4 is 4.74 Å². The molecule has 0 saturated carbocycles. The Hall–Kier alpha value is -2.47. The van der Waals surface area contributed by atoms with E-state index in [0.717, 1.165) is 42.1 Å². The quantitative estimate of drug-likeness (QED) is 0.836. The van der Waals surface area contributed by atoms with Crippen molar-refractivity contribution >= 4 is 5.91 Å². The predicted molar refractivity (Wildman–Crippen MR) is 94.5 cm³/mol. The molecule has 3 rings (SSSR count). The van der Waals surface area contributed by atoms with Gasteiger partial charge in [0.25, 0.3) is 0 Å². The van der Waals surface area contributed by atoms with Gasteiger partial charge >= 0.3 is 0 Å². The highest BCUT2D eigenvalue weighted by molar-refractivity contribution is 5.77. The van der Waals surface area contributed by atoms with Crippen molar-refractivity contribution < 1.29 is 14.3 Å². The molecule has 1 aliphatic heterocycles. The summed E-state index contributed by atoms with van der Waals surface area (Å²) in [5.74, 6) is 1.02. The number of rotatable bonds is 5. The van der Waals surface area contributed by atoms with E-state index in [2.05, 4.69) is 4.98 Å². The average Bonchev–Trinajstić information content (AvgIpc) is 2.68. The Bertz CT molecular complexity index is 735. The number of benzene rings is 1. The van der Waals surface area contributed by atoms with Crippen LogP contribution in [0.4, 0.5) is 0 Å². The summed E-state index contributed by atoms with van der Waals surface area (Å²) in [6, 6.07) is 7.78. The van der Waals surface area contributed by atoms with Crippen molar-refractivity contribution in [3.63, 3.8) is 0 Å². The number of hydrogen-bond acceptors (Lipinski definition) is 5. The van der Waals surface area contributed by atoms with Crippen LogP contribution >= 0.6 is 0 Å². The van der Waals surface area contributed by atoms with E-state index in [-0.39, 0.29) is 18.4 Å². The number of ether oxygens (including phenoxy) is 2. The second-order valence-electron chi connectivity index (χ2n) is 6.17. The fraction of sp³-hybridized carbons (Fsp3) is 0.421. The molecule has 1 aromatic heterocycles. The smallest absolute Gasteiger partial charge is 0.248 e. The number of methoxy groups -OCH3 is 2. The van der Waals surface area contributed by atoms with Crippen LogP contribution in [0, 0.1) is 0 Å². The number of hydrogen-bond donors (Lipinski definition) is 0. The molecule has 0 N–H and O–H groups in total. The summed E-state index contributed by atoms with van der Waals surface area (Å²) >= 11 is 0. The van der Waals surface area contributed by atoms with Crippen LogP contribution in [0.15, 0.2) is 36.7 Å². The van der Waals surface area contributed by atoms with Crippen LogP contribution in [-0.2, 0) is 9.53 Å². The minimum atomic E-state index is 0.0316. The SMILES string of the molecule is COCC(=O)N1CCCC(c2cncc(-c3cccc(OC)c3)n2)C1. The summed E-state index contributed by atoms with van der Waals surface area (Å²) in [6.45, 7) is 1.57. The summed E-state index contributed by atoms with van der Waals surface area (Å²) in [6.07, 6.45) is 5.53. The molecular weight excluding hydrogens is 318 g/mol. The standard InChI is InChI=1S/C19H23N3O3/c1-24-13-19(23)22-8-4-6-15(12-22)18-11-20-10-17(21-18)14-5-3-7-16(9-14)25-2/h3,5,7,9-11,15H,4,6,8,12-13H2,1-2H3. The van der Waals surface area contributed by atoms with Crippen LogP contribution in [0.3, 0.4) is 0 Å². The van der Waals surface area contributed by atoms with E-state index < -0.39 is 0 Å². The van der Waals surface area contributed by atoms with Crippen LogP contribution in [0.2, 0.25) is 0 Å². The first kappa shape index (κ1) is 17.4. The van der Waals surface area contributed by atoms with E-state index in [9.17, 15) is 4.79 Å². The first-order valence-corrected chi connectivity index (χ1v) is 8.44. The van der Waals surface area contributed by atoms with Gasteiger partial charge in [0.05, 0.1) is 24.7 Å². The Balaban J connectivity index is 1.80. The number of nitrogens with zero attached hydrogens (tertiary/aromatic N) is 3. The summed E-state index contributed by atoms with van der Waals surface area (Å²) in [5.41, 5.74) is 2.71. The van der Waals surface area contributed by atoms with Gasteiger partial charge in [0.15, 0.2) is 0 Å². The van der Waals surface area contributed by atoms with E-state index in [1.54, 1.807) is 26.6 Å². The zero-order valence-electron chi connectivity index (χ0n) is 14.6. The van der Waals surface area contributed by atoms with Crippen LogP contribution in [-0.4, -0.2) is 54.7 Å². The van der Waals surface area contributed by atoms with Crippen LogP contribution in [0.25, 0.3) is 11.3 Å². The van der Waals surface area contributed by atoms with Gasteiger partial charge < -0.3 is 14.4 Å². The number of carbonyl (C=O) groups excluding carboxylic acids is 1. The highest BCUT2D eigenvalue weighted by Gasteiger charge is 2.25. The Morgan fingerprint density at radius 3 is 3.00 bits per heavy atom. The summed E-state index contributed by atoms with van der Waals surface area (Å²) in [7, 11) is 3.19. The molecule has 0 aliphatic carbocycles. The van der Waals surface area contributed by atoms with Crippen LogP contribution in [0.5, 0.6) is 5.75 Å². The first-order valence-electron chi connectivity index (χ1n) is 8.44. The summed E-state index contributed by atoms with van der Waals surface area (Å²) < 4.78 is 10.2. The molecule has 1 fully saturated rings. The fourth-order valence-corrected chi connectivity index (χ4v) is 3.16. The molecule has 132 valence electrons. The highest BCUT2D eigenvalue weighted by atomic mass is 16.5. The van der Waals surface area contributed by atoms with E-state index >= 15 is 0 Å². The lowest BCUT2D eigenvalue weighted by molar-refractivity contribution is -0.136. The molecule has 1 unspecified atom stereocenters.